The zero-order valence-electron chi connectivity index (χ0n) is 22.0. The highest BCUT2D eigenvalue weighted by molar-refractivity contribution is 6.35. The largest absolute Gasteiger partial charge is 0.455 e. The second-order valence-electron chi connectivity index (χ2n) is 11.6. The Bertz CT molecular complexity index is 2010. The van der Waals surface area contributed by atoms with Gasteiger partial charge in [0.15, 0.2) is 6.20 Å². The number of rotatable bonds is 2. The van der Waals surface area contributed by atoms with Gasteiger partial charge in [-0.25, -0.2) is 4.57 Å². The number of hydrogen-bond donors (Lipinski definition) is 0. The minimum atomic E-state index is 0.213. The van der Waals surface area contributed by atoms with E-state index in [1.54, 1.807) is 0 Å². The molecule has 182 valence electrons. The van der Waals surface area contributed by atoms with Crippen LogP contribution in [-0.4, -0.2) is 0 Å². The highest BCUT2D eigenvalue weighted by atomic mass is 16.3. The molecular formula is C34H30NO2+. The molecule has 0 N–H and O–H groups in total. The first-order valence-corrected chi connectivity index (χ1v) is 13.0. The fourth-order valence-electron chi connectivity index (χ4n) is 5.96. The van der Waals surface area contributed by atoms with Gasteiger partial charge < -0.3 is 8.83 Å². The van der Waals surface area contributed by atoms with Gasteiger partial charge in [0.05, 0.1) is 5.56 Å². The fourth-order valence-corrected chi connectivity index (χ4v) is 5.96. The van der Waals surface area contributed by atoms with Crippen LogP contribution in [0.3, 0.4) is 0 Å². The normalized spacial score (nSPS) is 12.6. The Morgan fingerprint density at radius 3 is 2.08 bits per heavy atom. The van der Waals surface area contributed by atoms with Gasteiger partial charge in [-0.15, -0.1) is 0 Å². The second-order valence-corrected chi connectivity index (χ2v) is 11.6. The molecule has 37 heavy (non-hydrogen) atoms. The molecule has 0 saturated carbocycles. The van der Waals surface area contributed by atoms with Crippen LogP contribution in [-0.2, 0) is 13.5 Å². The third-order valence-electron chi connectivity index (χ3n) is 7.53. The summed E-state index contributed by atoms with van der Waals surface area (Å²) in [5.41, 5.74) is 8.74. The number of benzene rings is 4. The van der Waals surface area contributed by atoms with Crippen molar-refractivity contribution in [2.75, 3.05) is 0 Å². The smallest absolute Gasteiger partial charge is 0.216 e. The van der Waals surface area contributed by atoms with Crippen molar-refractivity contribution in [1.82, 2.24) is 0 Å². The lowest BCUT2D eigenvalue weighted by Crippen LogP contribution is -2.31. The molecule has 0 radical (unpaired) electrons. The molecule has 0 bridgehead atoms. The van der Waals surface area contributed by atoms with E-state index < -0.39 is 0 Å². The topological polar surface area (TPSA) is 30.2 Å². The Morgan fingerprint density at radius 2 is 1.35 bits per heavy atom. The molecule has 0 aliphatic heterocycles. The number of furan rings is 2. The lowest BCUT2D eigenvalue weighted by Gasteiger charge is -2.18. The first kappa shape index (κ1) is 22.1. The molecule has 0 saturated heterocycles. The molecule has 0 spiro atoms. The number of nitrogens with zero attached hydrogens (tertiary/aromatic N) is 1. The van der Waals surface area contributed by atoms with Gasteiger partial charge in [-0.2, -0.15) is 0 Å². The Morgan fingerprint density at radius 1 is 0.703 bits per heavy atom. The van der Waals surface area contributed by atoms with Crippen molar-refractivity contribution >= 4 is 54.6 Å². The molecule has 0 unspecified atom stereocenters. The monoisotopic (exact) mass is 484 g/mol. The van der Waals surface area contributed by atoms with E-state index in [4.69, 9.17) is 8.83 Å². The molecule has 0 aliphatic carbocycles. The minimum Gasteiger partial charge on any atom is -0.455 e. The molecule has 7 aromatic rings. The van der Waals surface area contributed by atoms with Crippen LogP contribution in [0.25, 0.3) is 65.9 Å². The van der Waals surface area contributed by atoms with Crippen molar-refractivity contribution in [3.63, 3.8) is 0 Å². The van der Waals surface area contributed by atoms with Crippen LogP contribution < -0.4 is 4.57 Å². The Hall–Kier alpha value is -4.11. The van der Waals surface area contributed by atoms with Crippen LogP contribution in [0.15, 0.2) is 87.8 Å². The van der Waals surface area contributed by atoms with E-state index in [1.165, 1.54) is 16.8 Å². The van der Waals surface area contributed by atoms with Crippen LogP contribution in [0.5, 0.6) is 0 Å². The van der Waals surface area contributed by atoms with Crippen molar-refractivity contribution in [2.24, 2.45) is 12.5 Å². The Kier molecular flexibility index (Phi) is 4.60. The molecule has 3 aromatic heterocycles. The molecule has 0 aliphatic rings. The molecule has 0 atom stereocenters. The second kappa shape index (κ2) is 7.69. The van der Waals surface area contributed by atoms with E-state index in [9.17, 15) is 0 Å². The van der Waals surface area contributed by atoms with Gasteiger partial charge >= 0.3 is 0 Å². The predicted molar refractivity (Wildman–Crippen MR) is 153 cm³/mol. The maximum Gasteiger partial charge on any atom is 0.216 e. The number of aromatic nitrogens is 1. The van der Waals surface area contributed by atoms with E-state index >= 15 is 0 Å². The average Bonchev–Trinajstić information content (AvgIpc) is 3.43. The van der Waals surface area contributed by atoms with E-state index in [1.807, 2.05) is 6.07 Å². The van der Waals surface area contributed by atoms with Gasteiger partial charge in [0.25, 0.3) is 0 Å². The summed E-state index contributed by atoms with van der Waals surface area (Å²) in [5, 5.41) is 6.66. The first-order valence-electron chi connectivity index (χ1n) is 13.0. The Labute approximate surface area is 215 Å². The van der Waals surface area contributed by atoms with Crippen molar-refractivity contribution in [3.05, 3.63) is 90.1 Å². The van der Waals surface area contributed by atoms with Crippen LogP contribution in [0.1, 0.15) is 31.9 Å². The van der Waals surface area contributed by atoms with Crippen molar-refractivity contribution in [3.8, 4) is 11.3 Å². The van der Waals surface area contributed by atoms with Gasteiger partial charge in [-0.3, -0.25) is 0 Å². The summed E-state index contributed by atoms with van der Waals surface area (Å²) in [6, 6.07) is 25.7. The summed E-state index contributed by atoms with van der Waals surface area (Å²) < 4.78 is 15.6. The number of para-hydroxylation sites is 1. The number of fused-ring (bicyclic) bond motifs is 10. The molecule has 0 amide bonds. The lowest BCUT2D eigenvalue weighted by atomic mass is 9.87. The quantitative estimate of drug-likeness (QED) is 0.229. The number of aryl methyl sites for hydroxylation is 2. The van der Waals surface area contributed by atoms with E-state index in [-0.39, 0.29) is 5.41 Å². The highest BCUT2D eigenvalue weighted by Crippen LogP contribution is 2.46. The Balaban J connectivity index is 1.65. The van der Waals surface area contributed by atoms with Gasteiger partial charge in [0.2, 0.25) is 5.69 Å². The van der Waals surface area contributed by atoms with Crippen molar-refractivity contribution in [1.29, 1.82) is 0 Å². The van der Waals surface area contributed by atoms with Crippen LogP contribution in [0.4, 0.5) is 0 Å². The zero-order valence-corrected chi connectivity index (χ0v) is 22.0. The maximum absolute atomic E-state index is 6.90. The molecule has 7 rings (SSSR count). The molecule has 3 nitrogen and oxygen atoms in total. The summed E-state index contributed by atoms with van der Waals surface area (Å²) in [6.45, 7) is 9.04. The summed E-state index contributed by atoms with van der Waals surface area (Å²) in [7, 11) is 2.12. The van der Waals surface area contributed by atoms with Crippen molar-refractivity contribution in [2.45, 2.75) is 34.1 Å². The highest BCUT2D eigenvalue weighted by Gasteiger charge is 2.26. The standard InChI is InChI=1S/C34H30NO2/c1-20-14-15-25-30-29-24-12-8-9-13-27(24)36-31(29)22-10-6-7-11-23(22)32(30)37-33(25)28(20)26-18-21(16-17-35(26)5)19-34(2,3)4/h6-18H,19H2,1-5H3/q+1. The van der Waals surface area contributed by atoms with Gasteiger partial charge in [0.1, 0.15) is 29.4 Å². The average molecular weight is 485 g/mol. The van der Waals surface area contributed by atoms with E-state index in [2.05, 4.69) is 112 Å². The first-order chi connectivity index (χ1) is 17.8. The summed E-state index contributed by atoms with van der Waals surface area (Å²) in [5.74, 6) is 0. The predicted octanol–water partition coefficient (Wildman–Crippen LogP) is 9.03. The zero-order chi connectivity index (χ0) is 25.5. The molecule has 3 heteroatoms. The number of hydrogen-bond acceptors (Lipinski definition) is 2. The summed E-state index contributed by atoms with van der Waals surface area (Å²) in [6.07, 6.45) is 3.19. The fraction of sp³-hybridized carbons (Fsp3) is 0.206. The van der Waals surface area contributed by atoms with E-state index in [0.29, 0.717) is 0 Å². The summed E-state index contributed by atoms with van der Waals surface area (Å²) >= 11 is 0. The van der Waals surface area contributed by atoms with Gasteiger partial charge in [-0.1, -0.05) is 75.4 Å². The van der Waals surface area contributed by atoms with E-state index in [0.717, 1.165) is 66.6 Å². The maximum atomic E-state index is 6.90. The van der Waals surface area contributed by atoms with Crippen molar-refractivity contribution < 1.29 is 13.4 Å². The van der Waals surface area contributed by atoms with Crippen LogP contribution in [0.2, 0.25) is 0 Å². The molecule has 0 fully saturated rings. The minimum absolute atomic E-state index is 0.213. The molecule has 4 aromatic carbocycles. The summed E-state index contributed by atoms with van der Waals surface area (Å²) in [4.78, 5) is 0. The van der Waals surface area contributed by atoms with Crippen LogP contribution >= 0.6 is 0 Å². The molecule has 3 heterocycles. The van der Waals surface area contributed by atoms with Crippen LogP contribution in [0, 0.1) is 12.3 Å². The van der Waals surface area contributed by atoms with Gasteiger partial charge in [0, 0.05) is 44.5 Å². The lowest BCUT2D eigenvalue weighted by molar-refractivity contribution is -0.660. The van der Waals surface area contributed by atoms with Gasteiger partial charge in [-0.05, 0) is 36.0 Å². The third kappa shape index (κ3) is 3.30. The SMILES string of the molecule is Cc1ccc2c(oc3c4ccccc4c4oc5ccccc5c4c23)c1-c1cc(CC(C)(C)C)cc[n+]1C. The third-order valence-corrected chi connectivity index (χ3v) is 7.53. The molecular weight excluding hydrogens is 454 g/mol. The number of pyridine rings is 1.